The van der Waals surface area contributed by atoms with Crippen LogP contribution in [0.15, 0.2) is 234 Å². The molecule has 0 atom stereocenters. The second kappa shape index (κ2) is 28.0. The summed E-state index contributed by atoms with van der Waals surface area (Å²) in [7, 11) is 0. The van der Waals surface area contributed by atoms with E-state index in [2.05, 4.69) is 0 Å². The number of fused-ring (bicyclic) bond motifs is 4. The standard InChI is InChI=1S/C60H44Cl8N4O4.Mg.2H/c61-25-21-37(65)33-73-52-13-5-1-9-46(52)50-31-45-30-43-18-17-41(69-43)29-42-19-20-44(70-42)32-51-56(47-10-2-6-14-53(47)74-34-38(66)22-26-62)57(48-11-3-7-15-54(48)75-35-39(67)23-27-63)60(72-51)58(59(50)71-45)49-12-4-8-16-55(49)76-36-40(68)24-28-64;;;/h1-20,29-36H,21-28H2;;;. The minimum absolute atomic E-state index is 0. The highest BCUT2D eigenvalue weighted by Gasteiger charge is 2.36. The summed E-state index contributed by atoms with van der Waals surface area (Å²) in [5.41, 5.74) is 9.91. The minimum atomic E-state index is 0. The van der Waals surface area contributed by atoms with Crippen LogP contribution in [0, 0.1) is 0 Å². The highest BCUT2D eigenvalue weighted by atomic mass is 35.5. The number of benzene rings is 4. The molecule has 0 N–H and O–H groups in total. The lowest BCUT2D eigenvalue weighted by molar-refractivity contribution is 0.475. The Kier molecular flexibility index (Phi) is 21.1. The van der Waals surface area contributed by atoms with Crippen LogP contribution in [0.1, 0.15) is 47.9 Å². The Bertz CT molecular complexity index is 3480. The highest BCUT2D eigenvalue weighted by molar-refractivity contribution is 6.51. The first-order chi connectivity index (χ1) is 37.1. The molecule has 0 saturated carbocycles. The van der Waals surface area contributed by atoms with Crippen molar-refractivity contribution in [1.29, 1.82) is 0 Å². The topological polar surface area (TPSA) is 86.4 Å². The Labute approximate surface area is 503 Å². The van der Waals surface area contributed by atoms with Crippen LogP contribution in [0.2, 0.25) is 0 Å². The summed E-state index contributed by atoms with van der Waals surface area (Å²) in [6, 6.07) is 30.6. The van der Waals surface area contributed by atoms with Crippen molar-refractivity contribution >= 4 is 161 Å². The van der Waals surface area contributed by atoms with Crippen molar-refractivity contribution in [2.45, 2.75) is 25.7 Å². The second-order valence-electron chi connectivity index (χ2n) is 16.9. The van der Waals surface area contributed by atoms with E-state index in [-0.39, 0.29) is 23.1 Å². The van der Waals surface area contributed by atoms with Crippen molar-refractivity contribution in [3.63, 3.8) is 0 Å². The molecule has 0 aliphatic carbocycles. The Morgan fingerprint density at radius 1 is 0.390 bits per heavy atom. The normalized spacial score (nSPS) is 16.3. The fraction of sp³-hybridized carbons (Fsp3) is 0.133. The number of alkyl halides is 4. The molecule has 0 fully saturated rings. The first-order valence-electron chi connectivity index (χ1n) is 23.9. The molecule has 5 aliphatic heterocycles. The highest BCUT2D eigenvalue weighted by Crippen LogP contribution is 2.51. The van der Waals surface area contributed by atoms with Crippen LogP contribution in [0.5, 0.6) is 23.0 Å². The van der Waals surface area contributed by atoms with E-state index < -0.39 is 0 Å². The van der Waals surface area contributed by atoms with E-state index in [1.54, 1.807) is 0 Å². The number of para-hydroxylation sites is 4. The third kappa shape index (κ3) is 14.3. The summed E-state index contributed by atoms with van der Waals surface area (Å²) < 4.78 is 26.0. The van der Waals surface area contributed by atoms with Gasteiger partial charge in [-0.25, -0.2) is 20.0 Å². The molecule has 0 amide bonds. The first-order valence-corrected chi connectivity index (χ1v) is 27.5. The maximum Gasteiger partial charge on any atom is 0.316 e. The molecule has 4 aromatic rings. The Morgan fingerprint density at radius 2 is 0.766 bits per heavy atom. The van der Waals surface area contributed by atoms with Gasteiger partial charge in [-0.15, -0.1) is 46.4 Å². The van der Waals surface area contributed by atoms with Gasteiger partial charge in [-0.05, 0) is 98.6 Å². The van der Waals surface area contributed by atoms with Gasteiger partial charge >= 0.3 is 23.1 Å². The molecule has 0 unspecified atom stereocenters. The molecule has 0 radical (unpaired) electrons. The molecule has 5 aliphatic rings. The lowest BCUT2D eigenvalue weighted by Gasteiger charge is -2.21. The van der Waals surface area contributed by atoms with Crippen LogP contribution in [0.3, 0.4) is 0 Å². The predicted octanol–water partition coefficient (Wildman–Crippen LogP) is 17.1. The number of allylic oxidation sites excluding steroid dienone is 16. The summed E-state index contributed by atoms with van der Waals surface area (Å²) in [5.74, 6) is 3.07. The zero-order valence-corrected chi connectivity index (χ0v) is 46.3. The van der Waals surface area contributed by atoms with Crippen molar-refractivity contribution < 1.29 is 18.9 Å². The molecule has 0 spiro atoms. The summed E-state index contributed by atoms with van der Waals surface area (Å²) in [6.45, 7) is 0. The van der Waals surface area contributed by atoms with Gasteiger partial charge in [-0.2, -0.15) is 0 Å². The lowest BCUT2D eigenvalue weighted by Crippen LogP contribution is -2.09. The van der Waals surface area contributed by atoms with Crippen molar-refractivity contribution in [1.82, 2.24) is 0 Å². The van der Waals surface area contributed by atoms with Gasteiger partial charge in [0, 0.05) is 68.1 Å². The van der Waals surface area contributed by atoms with Crippen LogP contribution < -0.4 is 18.9 Å². The van der Waals surface area contributed by atoms with Crippen LogP contribution >= 0.6 is 92.8 Å². The van der Waals surface area contributed by atoms with Gasteiger partial charge in [0.1, 0.15) is 48.0 Å². The third-order valence-electron chi connectivity index (χ3n) is 11.7. The number of hydrogen-bond acceptors (Lipinski definition) is 8. The molecule has 77 heavy (non-hydrogen) atoms. The number of halogens is 8. The zero-order valence-electron chi connectivity index (χ0n) is 40.3. The molecule has 4 aromatic carbocycles. The Hall–Kier alpha value is -5.27. The van der Waals surface area contributed by atoms with Crippen LogP contribution in [-0.4, -0.2) is 69.4 Å². The van der Waals surface area contributed by atoms with E-state index in [9.17, 15) is 0 Å². The van der Waals surface area contributed by atoms with Gasteiger partial charge in [0.05, 0.1) is 65.8 Å². The van der Waals surface area contributed by atoms with Crippen molar-refractivity contribution in [2.75, 3.05) is 23.5 Å². The molecule has 17 heteroatoms. The predicted molar refractivity (Wildman–Crippen MR) is 328 cm³/mol. The monoisotopic (exact) mass is 1190 g/mol. The molecule has 8 bridgehead atoms. The van der Waals surface area contributed by atoms with E-state index in [0.717, 1.165) is 0 Å². The number of nitrogens with zero attached hydrogens (tertiary/aromatic N) is 4. The first kappa shape index (κ1) is 57.9. The fourth-order valence-corrected chi connectivity index (χ4v) is 10.1. The largest absolute Gasteiger partial charge is 0.463 e. The van der Waals surface area contributed by atoms with Gasteiger partial charge in [-0.3, -0.25) is 0 Å². The summed E-state index contributed by atoms with van der Waals surface area (Å²) in [6.07, 6.45) is 23.1. The average molecular weight is 1190 g/mol. The van der Waals surface area contributed by atoms with Crippen molar-refractivity contribution in [3.8, 4) is 23.0 Å². The van der Waals surface area contributed by atoms with E-state index in [0.29, 0.717) is 183 Å². The molecule has 8 nitrogen and oxygen atoms in total. The summed E-state index contributed by atoms with van der Waals surface area (Å²) in [4.78, 5) is 21.3. The third-order valence-corrected chi connectivity index (χ3v) is 13.6. The number of aliphatic imine (C=N–C) groups is 4. The molecular weight excluding hydrogens is 1150 g/mol. The second-order valence-corrected chi connectivity index (χ2v) is 20.4. The summed E-state index contributed by atoms with van der Waals surface area (Å²) >= 11 is 51.2. The summed E-state index contributed by atoms with van der Waals surface area (Å²) in [5, 5.41) is 1.72. The van der Waals surface area contributed by atoms with E-state index in [1.807, 2.05) is 146 Å². The molecule has 0 aromatic heterocycles. The Morgan fingerprint density at radius 3 is 1.22 bits per heavy atom. The maximum absolute atomic E-state index is 6.71. The zero-order chi connectivity index (χ0) is 53.0. The molecule has 5 heterocycles. The van der Waals surface area contributed by atoms with Gasteiger partial charge in [0.2, 0.25) is 0 Å². The van der Waals surface area contributed by atoms with Crippen LogP contribution in [0.25, 0.3) is 22.3 Å². The van der Waals surface area contributed by atoms with Crippen LogP contribution in [-0.2, 0) is 0 Å². The maximum atomic E-state index is 6.71. The van der Waals surface area contributed by atoms with E-state index in [1.165, 1.54) is 25.0 Å². The number of ether oxygens (including phenoxy) is 4. The molecular formula is C60H46Cl8MgN4O4. The fourth-order valence-electron chi connectivity index (χ4n) is 8.35. The molecule has 9 rings (SSSR count). The number of hydrogen-bond donors (Lipinski definition) is 0. The Balaban J connectivity index is 0.00000784. The quantitative estimate of drug-likeness (QED) is 0.0501. The minimum Gasteiger partial charge on any atom is -0.463 e. The molecule has 0 saturated heterocycles. The SMILES string of the molecule is ClCCC(Cl)=COc1ccccc1C1=CC2=CC3=NC(=CC4=NC(=CC5=NC(=C(c6ccccc6OC=C(Cl)CCCl)C1=N2)C(c1ccccc1OC=C(Cl)CCCl)=C5c1ccccc1OC=C(Cl)CCCl)C=C4)C=C3.[MgH2]. The average Bonchev–Trinajstić information content (AvgIpc) is 4.29. The van der Waals surface area contributed by atoms with E-state index >= 15 is 0 Å². The van der Waals surface area contributed by atoms with Gasteiger partial charge < -0.3 is 18.9 Å². The smallest absolute Gasteiger partial charge is 0.316 e. The molecule has 388 valence electrons. The van der Waals surface area contributed by atoms with Gasteiger partial charge in [0.15, 0.2) is 0 Å². The van der Waals surface area contributed by atoms with E-state index in [4.69, 9.17) is 132 Å². The number of rotatable bonds is 20. The van der Waals surface area contributed by atoms with Crippen molar-refractivity contribution in [2.24, 2.45) is 20.0 Å². The lowest BCUT2D eigenvalue weighted by atomic mass is 9.85. The van der Waals surface area contributed by atoms with Gasteiger partial charge in [0.25, 0.3) is 0 Å². The van der Waals surface area contributed by atoms with Crippen molar-refractivity contribution in [3.05, 3.63) is 236 Å². The van der Waals surface area contributed by atoms with Crippen LogP contribution in [0.4, 0.5) is 0 Å². The van der Waals surface area contributed by atoms with Gasteiger partial charge in [-0.1, -0.05) is 119 Å².